The SMILES string of the molecule is [I-].[I-].c1cc2c[n+](c1)CCCc1ccc[n+](c1)CCC2. The molecule has 2 nitrogen and oxygen atoms in total. The molecule has 108 valence electrons. The highest BCUT2D eigenvalue weighted by Gasteiger charge is 2.08. The maximum absolute atomic E-state index is 2.33. The summed E-state index contributed by atoms with van der Waals surface area (Å²) in [5.41, 5.74) is 2.91. The quantitative estimate of drug-likeness (QED) is 0.260. The van der Waals surface area contributed by atoms with E-state index in [1.54, 1.807) is 0 Å². The van der Waals surface area contributed by atoms with E-state index in [0.717, 1.165) is 25.9 Å². The number of aromatic nitrogens is 2. The molecule has 3 rings (SSSR count). The maximum Gasteiger partial charge on any atom is 0.171 e. The van der Waals surface area contributed by atoms with Crippen molar-refractivity contribution in [2.75, 3.05) is 0 Å². The number of halogens is 2. The number of aryl methyl sites for hydroxylation is 4. The van der Waals surface area contributed by atoms with Gasteiger partial charge < -0.3 is 48.0 Å². The van der Waals surface area contributed by atoms with Gasteiger partial charge >= 0.3 is 0 Å². The Labute approximate surface area is 155 Å². The lowest BCUT2D eigenvalue weighted by Crippen LogP contribution is -3.00. The molecule has 4 heteroatoms. The molecule has 1 aliphatic rings. The number of pyridine rings is 2. The predicted molar refractivity (Wildman–Crippen MR) is 69.9 cm³/mol. The molecule has 20 heavy (non-hydrogen) atoms. The van der Waals surface area contributed by atoms with Gasteiger partial charge in [0, 0.05) is 36.1 Å². The summed E-state index contributed by atoms with van der Waals surface area (Å²) in [5, 5.41) is 0. The summed E-state index contributed by atoms with van der Waals surface area (Å²) in [7, 11) is 0. The van der Waals surface area contributed by atoms with Crippen LogP contribution in [0.4, 0.5) is 0 Å². The molecule has 0 N–H and O–H groups in total. The Kier molecular flexibility index (Phi) is 7.94. The van der Waals surface area contributed by atoms with Crippen LogP contribution < -0.4 is 57.1 Å². The van der Waals surface area contributed by atoms with Gasteiger partial charge in [0.05, 0.1) is 0 Å². The van der Waals surface area contributed by atoms with Gasteiger partial charge in [-0.1, -0.05) is 0 Å². The zero-order valence-electron chi connectivity index (χ0n) is 11.5. The minimum atomic E-state index is 0. The van der Waals surface area contributed by atoms with Crippen molar-refractivity contribution in [3.8, 4) is 0 Å². The van der Waals surface area contributed by atoms with Gasteiger partial charge in [-0.15, -0.1) is 0 Å². The average molecular weight is 494 g/mol. The van der Waals surface area contributed by atoms with Crippen LogP contribution in [0.3, 0.4) is 0 Å². The van der Waals surface area contributed by atoms with Gasteiger partial charge in [0.1, 0.15) is 13.1 Å². The summed E-state index contributed by atoms with van der Waals surface area (Å²) in [5.74, 6) is 0. The van der Waals surface area contributed by atoms with Crippen molar-refractivity contribution in [2.24, 2.45) is 0 Å². The van der Waals surface area contributed by atoms with Crippen LogP contribution in [0.1, 0.15) is 24.0 Å². The summed E-state index contributed by atoms with van der Waals surface area (Å²) in [6.07, 6.45) is 13.7. The molecule has 0 aromatic carbocycles. The highest BCUT2D eigenvalue weighted by molar-refractivity contribution is 5.06. The lowest BCUT2D eigenvalue weighted by atomic mass is 10.1. The van der Waals surface area contributed by atoms with Gasteiger partial charge in [-0.3, -0.25) is 0 Å². The van der Waals surface area contributed by atoms with E-state index in [4.69, 9.17) is 0 Å². The van der Waals surface area contributed by atoms with Gasteiger partial charge in [0.15, 0.2) is 24.8 Å². The van der Waals surface area contributed by atoms with Crippen LogP contribution in [0, 0.1) is 0 Å². The smallest absolute Gasteiger partial charge is 0.171 e. The molecule has 0 unspecified atom stereocenters. The van der Waals surface area contributed by atoms with Crippen LogP contribution in [0.2, 0.25) is 0 Å². The average Bonchev–Trinajstić information content (AvgIpc) is 2.39. The number of hydrogen-bond acceptors (Lipinski definition) is 0. The molecule has 3 heterocycles. The summed E-state index contributed by atoms with van der Waals surface area (Å²) >= 11 is 0. The van der Waals surface area contributed by atoms with Crippen LogP contribution in [0.15, 0.2) is 49.1 Å². The molecule has 1 aliphatic heterocycles. The molecule has 0 radical (unpaired) electrons. The van der Waals surface area contributed by atoms with E-state index in [9.17, 15) is 0 Å². The van der Waals surface area contributed by atoms with Gasteiger partial charge in [0.2, 0.25) is 0 Å². The molecule has 0 spiro atoms. The van der Waals surface area contributed by atoms with Crippen molar-refractivity contribution < 1.29 is 57.1 Å². The van der Waals surface area contributed by atoms with Crippen LogP contribution in [-0.2, 0) is 25.9 Å². The van der Waals surface area contributed by atoms with Crippen molar-refractivity contribution in [3.05, 3.63) is 60.2 Å². The van der Waals surface area contributed by atoms with Crippen LogP contribution in [0.25, 0.3) is 0 Å². The van der Waals surface area contributed by atoms with Crippen molar-refractivity contribution >= 4 is 0 Å². The first-order valence-electron chi connectivity index (χ1n) is 6.86. The van der Waals surface area contributed by atoms with Gasteiger partial charge in [0.25, 0.3) is 0 Å². The standard InChI is InChI=1S/C16H20N2.2HI/c1-5-15-7-3-12-18-10-2-6-16(14-18)8-4-11-17(9-1)13-15;;/h1-2,5-6,9-10,13-14H,3-4,7-8,11-12H2;2*1H/q+2;;/p-2. The van der Waals surface area contributed by atoms with E-state index in [-0.39, 0.29) is 48.0 Å². The van der Waals surface area contributed by atoms with E-state index in [1.165, 1.54) is 24.0 Å². The minimum Gasteiger partial charge on any atom is -1.00 e. The van der Waals surface area contributed by atoms with E-state index < -0.39 is 0 Å². The number of hydrogen-bond donors (Lipinski definition) is 0. The highest BCUT2D eigenvalue weighted by atomic mass is 127. The monoisotopic (exact) mass is 494 g/mol. The summed E-state index contributed by atoms with van der Waals surface area (Å²) in [4.78, 5) is 0. The third-order valence-electron chi connectivity index (χ3n) is 3.60. The van der Waals surface area contributed by atoms with Crippen molar-refractivity contribution in [1.82, 2.24) is 0 Å². The third-order valence-corrected chi connectivity index (χ3v) is 3.60. The molecule has 0 atom stereocenters. The van der Waals surface area contributed by atoms with Crippen molar-refractivity contribution in [1.29, 1.82) is 0 Å². The first-order chi connectivity index (χ1) is 8.90. The third kappa shape index (κ3) is 4.95. The Morgan fingerprint density at radius 2 is 1.15 bits per heavy atom. The lowest BCUT2D eigenvalue weighted by Gasteiger charge is -2.04. The fraction of sp³-hybridized carbons (Fsp3) is 0.375. The minimum absolute atomic E-state index is 0. The fourth-order valence-electron chi connectivity index (χ4n) is 2.66. The Balaban J connectivity index is 0.000001000. The molecule has 0 aliphatic carbocycles. The molecule has 0 saturated carbocycles. The zero-order valence-corrected chi connectivity index (χ0v) is 15.8. The largest absolute Gasteiger partial charge is 1.00 e. The topological polar surface area (TPSA) is 7.76 Å². The molecule has 2 aromatic rings. The first-order valence-corrected chi connectivity index (χ1v) is 6.86. The second-order valence-electron chi connectivity index (χ2n) is 5.11. The number of rotatable bonds is 0. The lowest BCUT2D eigenvalue weighted by molar-refractivity contribution is -0.700. The first kappa shape index (κ1) is 17.8. The maximum atomic E-state index is 2.33. The van der Waals surface area contributed by atoms with Crippen LogP contribution >= 0.6 is 0 Å². The summed E-state index contributed by atoms with van der Waals surface area (Å²) in [6.45, 7) is 2.23. The zero-order chi connectivity index (χ0) is 12.2. The normalized spacial score (nSPS) is 14.0. The van der Waals surface area contributed by atoms with Crippen LogP contribution in [0.5, 0.6) is 0 Å². The Morgan fingerprint density at radius 3 is 1.60 bits per heavy atom. The molecule has 2 aromatic heterocycles. The molecular weight excluding hydrogens is 474 g/mol. The Hall–Kier alpha value is -0.240. The molecule has 4 bridgehead atoms. The summed E-state index contributed by atoms with van der Waals surface area (Å²) in [6, 6.07) is 8.83. The highest BCUT2D eigenvalue weighted by Crippen LogP contribution is 2.04. The van der Waals surface area contributed by atoms with Gasteiger partial charge in [-0.25, -0.2) is 9.13 Å². The fourth-order valence-corrected chi connectivity index (χ4v) is 2.66. The Morgan fingerprint density at radius 1 is 0.700 bits per heavy atom. The van der Waals surface area contributed by atoms with E-state index in [0.29, 0.717) is 0 Å². The van der Waals surface area contributed by atoms with Crippen LogP contribution in [-0.4, -0.2) is 0 Å². The van der Waals surface area contributed by atoms with Gasteiger partial charge in [-0.2, -0.15) is 0 Å². The van der Waals surface area contributed by atoms with E-state index in [2.05, 4.69) is 58.2 Å². The van der Waals surface area contributed by atoms with Gasteiger partial charge in [-0.05, 0) is 25.0 Å². The molecule has 0 fully saturated rings. The Bertz CT molecular complexity index is 456. The number of nitrogens with zero attached hydrogens (tertiary/aromatic N) is 2. The molecule has 0 amide bonds. The second kappa shape index (κ2) is 8.92. The second-order valence-corrected chi connectivity index (χ2v) is 5.11. The van der Waals surface area contributed by atoms with E-state index in [1.807, 2.05) is 0 Å². The van der Waals surface area contributed by atoms with Crippen molar-refractivity contribution in [3.63, 3.8) is 0 Å². The number of fused-ring (bicyclic) bond motifs is 4. The molecular formula is C16H20I2N2. The molecule has 0 saturated heterocycles. The predicted octanol–water partition coefficient (Wildman–Crippen LogP) is -4.15. The van der Waals surface area contributed by atoms with E-state index >= 15 is 0 Å². The summed E-state index contributed by atoms with van der Waals surface area (Å²) < 4.78 is 4.65. The van der Waals surface area contributed by atoms with Crippen molar-refractivity contribution in [2.45, 2.75) is 38.8 Å².